The molecule has 3 aromatic rings. The van der Waals surface area contributed by atoms with Crippen molar-refractivity contribution in [3.05, 3.63) is 54.0 Å². The lowest BCUT2D eigenvalue weighted by molar-refractivity contribution is -0.151. The number of amides is 1. The third-order valence-electron chi connectivity index (χ3n) is 8.14. The van der Waals surface area contributed by atoms with Crippen LogP contribution in [0.5, 0.6) is 0 Å². The Morgan fingerprint density at radius 2 is 1.86 bits per heavy atom. The molecule has 9 nitrogen and oxygen atoms in total. The van der Waals surface area contributed by atoms with Gasteiger partial charge in [-0.25, -0.2) is 14.8 Å². The smallest absolute Gasteiger partial charge is 0.416 e. The Balaban J connectivity index is 1.37. The van der Waals surface area contributed by atoms with E-state index in [1.165, 1.54) is 18.5 Å². The Labute approximate surface area is 256 Å². The van der Waals surface area contributed by atoms with Gasteiger partial charge in [-0.15, -0.1) is 0 Å². The number of benzene rings is 1. The van der Waals surface area contributed by atoms with E-state index in [0.29, 0.717) is 37.6 Å². The molecule has 0 spiro atoms. The zero-order valence-corrected chi connectivity index (χ0v) is 25.8. The number of hydrogen-bond acceptors (Lipinski definition) is 7. The van der Waals surface area contributed by atoms with Crippen molar-refractivity contribution >= 4 is 22.9 Å². The predicted octanol–water partition coefficient (Wildman–Crippen LogP) is 6.18. The number of piperidine rings is 1. The largest absolute Gasteiger partial charge is 0.444 e. The second-order valence-corrected chi connectivity index (χ2v) is 12.9. The SMILES string of the molecule is CCCCOC1CN(C(=O)OC(C)(C)C)CCC1(O)Cn1ccc2c(N(Cc3ccc(C(F)(F)F)cc3)C3CC3)ncnc21. The summed E-state index contributed by atoms with van der Waals surface area (Å²) in [4.78, 5) is 25.7. The Morgan fingerprint density at radius 1 is 1.14 bits per heavy atom. The van der Waals surface area contributed by atoms with E-state index in [1.807, 2.05) is 37.6 Å². The molecule has 1 aliphatic heterocycles. The van der Waals surface area contributed by atoms with Gasteiger partial charge in [0.1, 0.15) is 35.1 Å². The van der Waals surface area contributed by atoms with Crippen LogP contribution in [0.25, 0.3) is 11.0 Å². The number of carbonyl (C=O) groups excluding carboxylic acids is 1. The molecule has 1 N–H and O–H groups in total. The standard InChI is InChI=1S/C32H42F3N5O4/c1-5-6-17-43-26-19-38(29(41)44-30(2,3)4)16-14-31(26,42)20-39-15-13-25-27(39)36-21-37-28(25)40(24-11-12-24)18-22-7-9-23(10-8-22)32(33,34)35/h7-10,13,15,21,24,26,42H,5-6,11-12,14,16-20H2,1-4H3. The molecule has 0 radical (unpaired) electrons. The van der Waals surface area contributed by atoms with Crippen molar-refractivity contribution in [2.75, 3.05) is 24.6 Å². The molecule has 44 heavy (non-hydrogen) atoms. The Morgan fingerprint density at radius 3 is 2.50 bits per heavy atom. The molecule has 1 aliphatic carbocycles. The third-order valence-corrected chi connectivity index (χ3v) is 8.14. The van der Waals surface area contributed by atoms with Gasteiger partial charge in [0, 0.05) is 31.9 Å². The van der Waals surface area contributed by atoms with E-state index in [-0.39, 0.29) is 19.1 Å². The number of carbonyl (C=O) groups is 1. The minimum Gasteiger partial charge on any atom is -0.444 e. The first kappa shape index (κ1) is 32.0. The molecular formula is C32H42F3N5O4. The number of aliphatic hydroxyl groups is 1. The maximum absolute atomic E-state index is 13.1. The fraction of sp³-hybridized carbons (Fsp3) is 0.594. The maximum atomic E-state index is 13.1. The van der Waals surface area contributed by atoms with Crippen molar-refractivity contribution in [1.29, 1.82) is 0 Å². The van der Waals surface area contributed by atoms with Gasteiger partial charge in [0.2, 0.25) is 0 Å². The zero-order chi connectivity index (χ0) is 31.7. The average Bonchev–Trinajstić information content (AvgIpc) is 3.72. The molecule has 2 fully saturated rings. The van der Waals surface area contributed by atoms with Crippen molar-refractivity contribution in [2.24, 2.45) is 0 Å². The zero-order valence-electron chi connectivity index (χ0n) is 25.8. The summed E-state index contributed by atoms with van der Waals surface area (Å²) in [5, 5.41) is 12.8. The minimum absolute atomic E-state index is 0.203. The Bertz CT molecular complexity index is 1430. The van der Waals surface area contributed by atoms with E-state index < -0.39 is 35.1 Å². The van der Waals surface area contributed by atoms with Gasteiger partial charge < -0.3 is 28.9 Å². The summed E-state index contributed by atoms with van der Waals surface area (Å²) in [5.41, 5.74) is -1.17. The van der Waals surface area contributed by atoms with E-state index in [4.69, 9.17) is 9.47 Å². The Hall–Kier alpha value is -3.38. The molecule has 1 saturated heterocycles. The lowest BCUT2D eigenvalue weighted by Crippen LogP contribution is -2.60. The average molecular weight is 618 g/mol. The summed E-state index contributed by atoms with van der Waals surface area (Å²) in [6.45, 7) is 9.13. The Kier molecular flexibility index (Phi) is 9.13. The normalized spacial score (nSPS) is 21.1. The summed E-state index contributed by atoms with van der Waals surface area (Å²) in [5.74, 6) is 0.707. The van der Waals surface area contributed by atoms with Gasteiger partial charge in [-0.1, -0.05) is 25.5 Å². The van der Waals surface area contributed by atoms with Crippen LogP contribution in [0.4, 0.5) is 23.8 Å². The topological polar surface area (TPSA) is 93.0 Å². The molecule has 2 aromatic heterocycles. The summed E-state index contributed by atoms with van der Waals surface area (Å²) < 4.78 is 52.9. The molecule has 1 aromatic carbocycles. The van der Waals surface area contributed by atoms with Crippen molar-refractivity contribution in [1.82, 2.24) is 19.4 Å². The number of nitrogens with zero attached hydrogens (tertiary/aromatic N) is 5. The highest BCUT2D eigenvalue weighted by molar-refractivity contribution is 5.88. The van der Waals surface area contributed by atoms with Crippen LogP contribution in [0.15, 0.2) is 42.9 Å². The summed E-state index contributed by atoms with van der Waals surface area (Å²) in [6, 6.07) is 7.40. The van der Waals surface area contributed by atoms with Gasteiger partial charge in [0.25, 0.3) is 0 Å². The van der Waals surface area contributed by atoms with Crippen LogP contribution in [-0.2, 0) is 28.7 Å². The molecule has 2 aliphatic rings. The molecular weight excluding hydrogens is 575 g/mol. The molecule has 3 heterocycles. The van der Waals surface area contributed by atoms with Gasteiger partial charge in [-0.2, -0.15) is 13.2 Å². The van der Waals surface area contributed by atoms with E-state index in [9.17, 15) is 23.1 Å². The van der Waals surface area contributed by atoms with Crippen molar-refractivity contribution in [3.63, 3.8) is 0 Å². The molecule has 1 saturated carbocycles. The van der Waals surface area contributed by atoms with Crippen LogP contribution in [0, 0.1) is 0 Å². The number of hydrogen-bond donors (Lipinski definition) is 1. The molecule has 2 atom stereocenters. The monoisotopic (exact) mass is 617 g/mol. The molecule has 2 unspecified atom stereocenters. The summed E-state index contributed by atoms with van der Waals surface area (Å²) >= 11 is 0. The fourth-order valence-electron chi connectivity index (χ4n) is 5.60. The lowest BCUT2D eigenvalue weighted by Gasteiger charge is -2.44. The van der Waals surface area contributed by atoms with Crippen LogP contribution in [0.3, 0.4) is 0 Å². The van der Waals surface area contributed by atoms with E-state index in [1.54, 1.807) is 4.90 Å². The first-order chi connectivity index (χ1) is 20.8. The van der Waals surface area contributed by atoms with Gasteiger partial charge in [0.15, 0.2) is 0 Å². The highest BCUT2D eigenvalue weighted by atomic mass is 19.4. The lowest BCUT2D eigenvalue weighted by atomic mass is 9.88. The number of likely N-dealkylation sites (tertiary alicyclic amines) is 1. The number of alkyl halides is 3. The van der Waals surface area contributed by atoms with Gasteiger partial charge >= 0.3 is 12.3 Å². The van der Waals surface area contributed by atoms with Gasteiger partial charge in [-0.3, -0.25) is 0 Å². The van der Waals surface area contributed by atoms with Crippen LogP contribution < -0.4 is 4.90 Å². The molecule has 240 valence electrons. The summed E-state index contributed by atoms with van der Waals surface area (Å²) in [6.07, 6.45) is 1.92. The first-order valence-electron chi connectivity index (χ1n) is 15.3. The summed E-state index contributed by atoms with van der Waals surface area (Å²) in [7, 11) is 0. The molecule has 12 heteroatoms. The second kappa shape index (κ2) is 12.5. The van der Waals surface area contributed by atoms with Gasteiger partial charge in [0.05, 0.1) is 24.0 Å². The highest BCUT2D eigenvalue weighted by Gasteiger charge is 2.45. The van der Waals surface area contributed by atoms with E-state index >= 15 is 0 Å². The quantitative estimate of drug-likeness (QED) is 0.272. The second-order valence-electron chi connectivity index (χ2n) is 12.9. The van der Waals surface area contributed by atoms with E-state index in [2.05, 4.69) is 21.8 Å². The van der Waals surface area contributed by atoms with Crippen LogP contribution in [0.1, 0.15) is 70.9 Å². The number of fused-ring (bicyclic) bond motifs is 1. The number of rotatable bonds is 10. The predicted molar refractivity (Wildman–Crippen MR) is 160 cm³/mol. The van der Waals surface area contributed by atoms with Crippen molar-refractivity contribution in [3.8, 4) is 0 Å². The minimum atomic E-state index is -4.38. The fourth-order valence-corrected chi connectivity index (χ4v) is 5.60. The van der Waals surface area contributed by atoms with Crippen LogP contribution >= 0.6 is 0 Å². The number of ether oxygens (including phenoxy) is 2. The molecule has 1 amide bonds. The molecule has 5 rings (SSSR count). The highest BCUT2D eigenvalue weighted by Crippen LogP contribution is 2.37. The van der Waals surface area contributed by atoms with Crippen molar-refractivity contribution < 1.29 is 32.5 Å². The number of unbranched alkanes of at least 4 members (excludes halogenated alkanes) is 1. The maximum Gasteiger partial charge on any atom is 0.416 e. The first-order valence-corrected chi connectivity index (χ1v) is 15.3. The van der Waals surface area contributed by atoms with Gasteiger partial charge in [-0.05, 0) is 70.2 Å². The number of anilines is 1. The van der Waals surface area contributed by atoms with E-state index in [0.717, 1.165) is 48.8 Å². The number of halogens is 3. The van der Waals surface area contributed by atoms with Crippen LogP contribution in [0.2, 0.25) is 0 Å². The van der Waals surface area contributed by atoms with Crippen molar-refractivity contribution in [2.45, 2.75) is 102 Å². The van der Waals surface area contributed by atoms with Crippen LogP contribution in [-0.4, -0.2) is 73.7 Å². The number of aromatic nitrogens is 3. The molecule has 0 bridgehead atoms. The third kappa shape index (κ3) is 7.46.